The number of hydrogen-bond donors (Lipinski definition) is 1. The zero-order valence-electron chi connectivity index (χ0n) is 16.0. The highest BCUT2D eigenvalue weighted by atomic mass is 32.2. The molecule has 0 atom stereocenters. The number of carbonyl (C=O) groups excluding carboxylic acids is 1. The van der Waals surface area contributed by atoms with Crippen LogP contribution in [-0.2, 0) is 11.2 Å². The maximum absolute atomic E-state index is 12.5. The van der Waals surface area contributed by atoms with Gasteiger partial charge >= 0.3 is 0 Å². The number of hydrogen-bond acceptors (Lipinski definition) is 6. The lowest BCUT2D eigenvalue weighted by Gasteiger charge is -2.14. The third-order valence-electron chi connectivity index (χ3n) is 4.84. The van der Waals surface area contributed by atoms with Crippen LogP contribution >= 0.6 is 23.1 Å². The van der Waals surface area contributed by atoms with Crippen molar-refractivity contribution in [1.82, 2.24) is 10.2 Å². The molecule has 0 aliphatic heterocycles. The minimum absolute atomic E-state index is 0.00238. The van der Waals surface area contributed by atoms with E-state index in [0.29, 0.717) is 18.9 Å². The second kappa shape index (κ2) is 9.89. The van der Waals surface area contributed by atoms with Gasteiger partial charge in [-0.1, -0.05) is 47.4 Å². The molecule has 1 fully saturated rings. The summed E-state index contributed by atoms with van der Waals surface area (Å²) in [7, 11) is 0. The van der Waals surface area contributed by atoms with Crippen molar-refractivity contribution in [3.63, 3.8) is 0 Å². The van der Waals surface area contributed by atoms with Gasteiger partial charge < -0.3 is 10.1 Å². The molecule has 1 aromatic heterocycles. The molecule has 7 heteroatoms. The summed E-state index contributed by atoms with van der Waals surface area (Å²) < 4.78 is 6.92. The Morgan fingerprint density at radius 1 is 1.17 bits per heavy atom. The molecule has 0 saturated heterocycles. The highest BCUT2D eigenvalue weighted by molar-refractivity contribution is 8.01. The Bertz CT molecular complexity index is 941. The van der Waals surface area contributed by atoms with E-state index in [9.17, 15) is 4.79 Å². The van der Waals surface area contributed by atoms with Crippen molar-refractivity contribution in [1.29, 1.82) is 0 Å². The molecule has 1 saturated carbocycles. The fourth-order valence-corrected chi connectivity index (χ4v) is 4.93. The first-order chi connectivity index (χ1) is 14.3. The number of para-hydroxylation sites is 1. The van der Waals surface area contributed by atoms with Crippen LogP contribution < -0.4 is 10.1 Å². The van der Waals surface area contributed by atoms with E-state index in [2.05, 4.69) is 21.6 Å². The summed E-state index contributed by atoms with van der Waals surface area (Å²) in [6.45, 7) is 0. The van der Waals surface area contributed by atoms with Gasteiger partial charge in [0.2, 0.25) is 5.91 Å². The number of rotatable bonds is 8. The number of benzene rings is 2. The first-order valence-corrected chi connectivity index (χ1v) is 11.5. The third-order valence-corrected chi connectivity index (χ3v) is 6.70. The maximum atomic E-state index is 12.5. The van der Waals surface area contributed by atoms with Crippen LogP contribution in [0.2, 0.25) is 0 Å². The molecule has 4 rings (SSSR count). The van der Waals surface area contributed by atoms with Gasteiger partial charge in [0, 0.05) is 11.3 Å². The summed E-state index contributed by atoms with van der Waals surface area (Å²) in [5.41, 5.74) is 3.62. The Balaban J connectivity index is 1.32. The number of nitrogens with zero attached hydrogens (tertiary/aromatic N) is 2. The number of aryl methyl sites for hydroxylation is 1. The second-order valence-electron chi connectivity index (χ2n) is 7.02. The summed E-state index contributed by atoms with van der Waals surface area (Å²) in [6.07, 6.45) is 6.23. The van der Waals surface area contributed by atoms with Crippen LogP contribution in [0, 0.1) is 0 Å². The summed E-state index contributed by atoms with van der Waals surface area (Å²) in [6, 6.07) is 15.9. The van der Waals surface area contributed by atoms with E-state index in [1.165, 1.54) is 35.9 Å². The van der Waals surface area contributed by atoms with Crippen molar-refractivity contribution in [2.45, 2.75) is 53.9 Å². The highest BCUT2D eigenvalue weighted by Gasteiger charge is 2.16. The monoisotopic (exact) mass is 425 g/mol. The number of amides is 1. The minimum atomic E-state index is -0.00238. The minimum Gasteiger partial charge on any atom is -0.490 e. The molecule has 0 radical (unpaired) electrons. The Morgan fingerprint density at radius 2 is 2.03 bits per heavy atom. The quantitative estimate of drug-likeness (QED) is 0.510. The highest BCUT2D eigenvalue weighted by Crippen LogP contribution is 2.34. The number of anilines is 1. The molecule has 150 valence electrons. The number of nitrogens with one attached hydrogen (secondary N) is 1. The van der Waals surface area contributed by atoms with Gasteiger partial charge in [0.25, 0.3) is 0 Å². The van der Waals surface area contributed by atoms with Gasteiger partial charge in [-0.3, -0.25) is 4.79 Å². The Morgan fingerprint density at radius 3 is 2.86 bits per heavy atom. The Kier molecular flexibility index (Phi) is 6.79. The van der Waals surface area contributed by atoms with Crippen LogP contribution in [0.1, 0.15) is 37.7 Å². The lowest BCUT2D eigenvalue weighted by molar-refractivity contribution is -0.116. The van der Waals surface area contributed by atoms with Crippen LogP contribution in [0.4, 0.5) is 5.69 Å². The average Bonchev–Trinajstić information content (AvgIpc) is 3.43. The van der Waals surface area contributed by atoms with E-state index < -0.39 is 0 Å². The van der Waals surface area contributed by atoms with Gasteiger partial charge in [-0.25, -0.2) is 0 Å². The van der Waals surface area contributed by atoms with E-state index >= 15 is 0 Å². The van der Waals surface area contributed by atoms with Crippen LogP contribution in [0.25, 0.3) is 0 Å². The smallest absolute Gasteiger partial charge is 0.224 e. The largest absolute Gasteiger partial charge is 0.490 e. The van der Waals surface area contributed by atoms with Crippen molar-refractivity contribution < 1.29 is 9.53 Å². The first kappa shape index (κ1) is 19.9. The molecule has 3 aromatic rings. The van der Waals surface area contributed by atoms with Gasteiger partial charge in [-0.15, -0.1) is 10.2 Å². The number of ether oxygens (including phenoxy) is 1. The molecule has 1 aliphatic rings. The number of aromatic nitrogens is 2. The summed E-state index contributed by atoms with van der Waals surface area (Å²) >= 11 is 2.99. The standard InChI is InChI=1S/C22H23N3O2S2/c26-21(24-19-10-3-4-11-20(19)29-22-25-23-15-28-22)13-12-16-6-5-9-18(14-16)27-17-7-1-2-8-17/h3-6,9-11,14-15,17H,1-2,7-8,12-13H2,(H,24,26). The van der Waals surface area contributed by atoms with Crippen LogP contribution in [0.3, 0.4) is 0 Å². The van der Waals surface area contributed by atoms with E-state index in [0.717, 1.165) is 39.1 Å². The molecule has 1 amide bonds. The van der Waals surface area contributed by atoms with Crippen molar-refractivity contribution in [3.05, 3.63) is 59.6 Å². The van der Waals surface area contributed by atoms with Crippen LogP contribution in [-0.4, -0.2) is 22.2 Å². The van der Waals surface area contributed by atoms with Gasteiger partial charge in [0.15, 0.2) is 4.34 Å². The molecule has 1 heterocycles. The van der Waals surface area contributed by atoms with E-state index in [4.69, 9.17) is 4.74 Å². The lowest BCUT2D eigenvalue weighted by atomic mass is 10.1. The molecule has 5 nitrogen and oxygen atoms in total. The zero-order chi connectivity index (χ0) is 19.9. The molecular formula is C22H23N3O2S2. The van der Waals surface area contributed by atoms with E-state index in [1.54, 1.807) is 5.51 Å². The fourth-order valence-electron chi connectivity index (χ4n) is 3.40. The van der Waals surface area contributed by atoms with Gasteiger partial charge in [-0.2, -0.15) is 0 Å². The van der Waals surface area contributed by atoms with E-state index in [1.807, 2.05) is 42.5 Å². The Hall–Kier alpha value is -2.38. The molecular weight excluding hydrogens is 402 g/mol. The van der Waals surface area contributed by atoms with Crippen LogP contribution in [0.5, 0.6) is 5.75 Å². The summed E-state index contributed by atoms with van der Waals surface area (Å²) in [5.74, 6) is 0.908. The topological polar surface area (TPSA) is 64.1 Å². The summed E-state index contributed by atoms with van der Waals surface area (Å²) in [5, 5.41) is 11.0. The van der Waals surface area contributed by atoms with Crippen molar-refractivity contribution in [2.24, 2.45) is 0 Å². The molecule has 0 bridgehead atoms. The first-order valence-electron chi connectivity index (χ1n) is 9.85. The second-order valence-corrected chi connectivity index (χ2v) is 9.15. The molecule has 29 heavy (non-hydrogen) atoms. The molecule has 0 spiro atoms. The summed E-state index contributed by atoms with van der Waals surface area (Å²) in [4.78, 5) is 13.5. The van der Waals surface area contributed by atoms with Crippen LogP contribution in [0.15, 0.2) is 63.3 Å². The predicted molar refractivity (Wildman–Crippen MR) is 117 cm³/mol. The molecule has 1 N–H and O–H groups in total. The number of carbonyl (C=O) groups is 1. The molecule has 1 aliphatic carbocycles. The maximum Gasteiger partial charge on any atom is 0.224 e. The van der Waals surface area contributed by atoms with Crippen molar-refractivity contribution in [2.75, 3.05) is 5.32 Å². The fraction of sp³-hybridized carbons (Fsp3) is 0.318. The van der Waals surface area contributed by atoms with Crippen molar-refractivity contribution in [3.8, 4) is 5.75 Å². The average molecular weight is 426 g/mol. The van der Waals surface area contributed by atoms with Crippen molar-refractivity contribution >= 4 is 34.7 Å². The van der Waals surface area contributed by atoms with Gasteiger partial charge in [-0.05, 0) is 61.9 Å². The Labute approximate surface area is 178 Å². The van der Waals surface area contributed by atoms with E-state index in [-0.39, 0.29) is 5.91 Å². The zero-order valence-corrected chi connectivity index (χ0v) is 17.7. The normalized spacial score (nSPS) is 14.1. The molecule has 0 unspecified atom stereocenters. The third kappa shape index (κ3) is 5.81. The SMILES string of the molecule is O=C(CCc1cccc(OC2CCCC2)c1)Nc1ccccc1Sc1nncs1. The van der Waals surface area contributed by atoms with Gasteiger partial charge in [0.1, 0.15) is 11.3 Å². The predicted octanol–water partition coefficient (Wildman–Crippen LogP) is 5.58. The van der Waals surface area contributed by atoms with Gasteiger partial charge in [0.05, 0.1) is 11.8 Å². The molecule has 2 aromatic carbocycles. The lowest BCUT2D eigenvalue weighted by Crippen LogP contribution is -2.13.